The Morgan fingerprint density at radius 1 is 0.196 bits per heavy atom. The summed E-state index contributed by atoms with van der Waals surface area (Å²) in [5.41, 5.74) is 0. The van der Waals surface area contributed by atoms with Crippen LogP contribution in [-0.2, 0) is 128 Å². The van der Waals surface area contributed by atoms with Crippen LogP contribution in [0.5, 0.6) is 0 Å². The van der Waals surface area contributed by atoms with E-state index in [0.717, 1.165) is 27.7 Å². The zero-order valence-electron chi connectivity index (χ0n) is 77.0. The second-order valence-electron chi connectivity index (χ2n) is 36.6. The lowest BCUT2D eigenvalue weighted by Gasteiger charge is -2.52. The van der Waals surface area contributed by atoms with E-state index >= 15 is 0 Å². The number of ether oxygens (including phenoxy) is 23. The van der Waals surface area contributed by atoms with Crippen LogP contribution in [0.4, 0.5) is 0 Å². The van der Waals surface area contributed by atoms with Crippen LogP contribution < -0.4 is 21.3 Å². The molecular weight excluding hydrogens is 1960 g/mol. The SMILES string of the molecule is CC(=O)N[C@H]1[C@H](O[C@H]2[C@H](O)[C@@H](NC(C)=O)C(O)O[C@@H]2CO[C@@H]2O[C@@H](C)[C@@H](O)[C@@H](O)[C@@H]2O)O[C@H](CO)[C@@H](O[C@@H]2O[C@H](CO[C@H]3O[C@H](CO)[C@@H](O)[C@H](O[C@H]4O[C@H](CO)[C@@H](O)[C@@H](O)[C@@H]4O[C@H]4O[C@H](CO)[C@@H](O)[C@H](O)[C@@H]4O)[C@@H]3O)[C@@H](O)[C@H](O[C@H]3O[C@H](CO)[C@@H](O)[C@H](O)[C@@H]3O[C@@H]3O[C@H](CO)[C@@H](O[C@@H]4O[C@H](CO)[C@H](O)[C@H](O[C@H]5O[C@H](CO)[C@H](O)[C@H](O)[C@H]5NC(C)=O)[C@H]4O[C@@H]4O[C@@H](C)[C@@H](O)[C@@H](O)[C@@H]4O)[C@H](O)[C@H]3NC(C)=O)[C@@H]2O)[C@@H]1O. The molecule has 12 saturated heterocycles. The lowest BCUT2D eigenvalue weighted by atomic mass is 9.93. The highest BCUT2D eigenvalue weighted by molar-refractivity contribution is 5.74. The summed E-state index contributed by atoms with van der Waals surface area (Å²) in [6, 6.07) is -7.87. The maximum Gasteiger partial charge on any atom is 0.217 e. The molecule has 0 bridgehead atoms. The van der Waals surface area contributed by atoms with E-state index in [4.69, 9.17) is 109 Å². The molecular formula is C80H134N4O59. The van der Waals surface area contributed by atoms with E-state index in [1.807, 2.05) is 0 Å². The molecule has 0 saturated carbocycles. The fourth-order valence-electron chi connectivity index (χ4n) is 18.7. The highest BCUT2D eigenvalue weighted by atomic mass is 16.8. The normalized spacial score (nSPS) is 50.7. The number of hydrogen-bond acceptors (Lipinski definition) is 59. The molecule has 143 heavy (non-hydrogen) atoms. The average Bonchev–Trinajstić information content (AvgIpc) is 0.728. The molecule has 828 valence electrons. The van der Waals surface area contributed by atoms with Crippen LogP contribution in [0.1, 0.15) is 41.5 Å². The molecule has 12 heterocycles. The molecule has 36 N–H and O–H groups in total. The third-order valence-corrected chi connectivity index (χ3v) is 26.6. The van der Waals surface area contributed by atoms with Crippen molar-refractivity contribution in [2.24, 2.45) is 0 Å². The molecule has 0 aliphatic carbocycles. The van der Waals surface area contributed by atoms with Crippen molar-refractivity contribution in [3.63, 3.8) is 0 Å². The Morgan fingerprint density at radius 2 is 0.441 bits per heavy atom. The highest BCUT2D eigenvalue weighted by Gasteiger charge is 2.64. The van der Waals surface area contributed by atoms with E-state index in [1.165, 1.54) is 13.8 Å². The molecule has 60 atom stereocenters. The molecule has 4 amide bonds. The van der Waals surface area contributed by atoms with Crippen LogP contribution in [0, 0.1) is 0 Å². The summed E-state index contributed by atoms with van der Waals surface area (Å²) in [5.74, 6) is -3.87. The molecule has 0 aromatic rings. The van der Waals surface area contributed by atoms with E-state index in [9.17, 15) is 183 Å². The number of carbonyl (C=O) groups is 4. The van der Waals surface area contributed by atoms with Crippen LogP contribution in [0.2, 0.25) is 0 Å². The quantitative estimate of drug-likeness (QED) is 0.0277. The van der Waals surface area contributed by atoms with Crippen molar-refractivity contribution in [3.05, 3.63) is 0 Å². The van der Waals surface area contributed by atoms with Gasteiger partial charge in [0.15, 0.2) is 75.5 Å². The minimum absolute atomic E-state index is 0.861. The minimum atomic E-state index is -2.71. The maximum atomic E-state index is 13.5. The first kappa shape index (κ1) is 117. The minimum Gasteiger partial charge on any atom is -0.394 e. The first-order valence-electron chi connectivity index (χ1n) is 45.9. The molecule has 12 aliphatic rings. The van der Waals surface area contributed by atoms with Crippen molar-refractivity contribution in [1.82, 2.24) is 21.3 Å². The van der Waals surface area contributed by atoms with Crippen LogP contribution in [0.15, 0.2) is 0 Å². The molecule has 12 fully saturated rings. The van der Waals surface area contributed by atoms with Crippen LogP contribution in [0.25, 0.3) is 0 Å². The highest BCUT2D eigenvalue weighted by Crippen LogP contribution is 2.43. The third-order valence-electron chi connectivity index (χ3n) is 26.6. The van der Waals surface area contributed by atoms with Gasteiger partial charge < -0.3 is 294 Å². The summed E-state index contributed by atoms with van der Waals surface area (Å²) < 4.78 is 138. The monoisotopic (exact) mass is 2090 g/mol. The maximum absolute atomic E-state index is 13.5. The van der Waals surface area contributed by atoms with Crippen molar-refractivity contribution < 1.29 is 292 Å². The Hall–Kier alpha value is -4.32. The Morgan fingerprint density at radius 3 is 0.881 bits per heavy atom. The lowest BCUT2D eigenvalue weighted by molar-refractivity contribution is -0.406. The smallest absolute Gasteiger partial charge is 0.217 e. The standard InChI is InChI=1S/C80H134N4O59/c1-17-37(97)50(110)55(115)73(123-17)122-16-32-62(47(107)33(69(120)125-32)81-19(3)93)135-71-35(83-21(5)95)48(108)60(29(13-91)132-71)136-77-59(119)64(45(105)31(134-77)15-121-74-58(118)63(43(103)27(11-89)127-74)138-79-67(54(114)42(102)26(10-88)130-79)142-76-57(117)52(112)40(100)24(8-86)128-76)139-78-66(53(113)41(101)25(9-87)129-78)141-72-36(84-22(6)96)49(109)61(30(14-92)133-72)137-80-68(143-75-56(116)51(111)38(98)18(2)124-75)65(44(104)28(12-90)131-80)140-70-34(82-20(4)94)46(106)39(99)23(7-85)126-70/h17-18,23-80,85-92,97-120H,7-16H2,1-6H3,(H,81,93)(H,82,94)(H,83,95)(H,84,96)/t17-,18-,23+,24+,25+,26+,27+,28+,29+,30+,31+,32+,33+,34+,35+,36+,37+,38+,39-,40+,41+,42+,43+,44-,45+,46+,47+,48+,49+,50+,51+,52-,53-,54+,55-,56-,57-,58-,59-,60+,61+,62+,63-,64-,65-,66-,67-,68+,69?,70+,71-,72-,73+,74-,75-,76+,77-,78+,79+,80-/m0/s1. The molecule has 0 spiro atoms. The van der Waals surface area contributed by atoms with Gasteiger partial charge >= 0.3 is 0 Å². The molecule has 63 nitrogen and oxygen atoms in total. The Labute approximate surface area is 809 Å². The zero-order chi connectivity index (χ0) is 105. The van der Waals surface area contributed by atoms with Crippen LogP contribution >= 0.6 is 0 Å². The number of hydrogen-bond donors (Lipinski definition) is 36. The lowest BCUT2D eigenvalue weighted by Crippen LogP contribution is -2.71. The molecule has 0 radical (unpaired) electrons. The molecule has 0 aromatic carbocycles. The summed E-state index contributed by atoms with van der Waals surface area (Å²) in [5, 5.41) is 371. The molecule has 12 rings (SSSR count). The summed E-state index contributed by atoms with van der Waals surface area (Å²) >= 11 is 0. The number of amides is 4. The van der Waals surface area contributed by atoms with E-state index in [-0.39, 0.29) is 0 Å². The van der Waals surface area contributed by atoms with E-state index < -0.39 is 458 Å². The van der Waals surface area contributed by atoms with Crippen molar-refractivity contribution >= 4 is 23.6 Å². The number of carbonyl (C=O) groups excluding carboxylic acids is 4. The fourth-order valence-corrected chi connectivity index (χ4v) is 18.7. The number of nitrogens with one attached hydrogen (secondary N) is 4. The molecule has 63 heteroatoms. The Bertz CT molecular complexity index is 3960. The van der Waals surface area contributed by atoms with Gasteiger partial charge in [-0.25, -0.2) is 0 Å². The van der Waals surface area contributed by atoms with Crippen molar-refractivity contribution in [1.29, 1.82) is 0 Å². The van der Waals surface area contributed by atoms with E-state index in [2.05, 4.69) is 21.3 Å². The number of aliphatic hydroxyl groups excluding tert-OH is 32. The van der Waals surface area contributed by atoms with Crippen molar-refractivity contribution in [2.75, 3.05) is 66.1 Å². The van der Waals surface area contributed by atoms with Crippen molar-refractivity contribution in [2.45, 2.75) is 410 Å². The predicted molar refractivity (Wildman–Crippen MR) is 439 cm³/mol. The largest absolute Gasteiger partial charge is 0.394 e. The zero-order valence-corrected chi connectivity index (χ0v) is 77.0. The van der Waals surface area contributed by atoms with Gasteiger partial charge in [-0.2, -0.15) is 0 Å². The van der Waals surface area contributed by atoms with E-state index in [0.29, 0.717) is 0 Å². The van der Waals surface area contributed by atoms with Gasteiger partial charge in [0.2, 0.25) is 23.6 Å². The van der Waals surface area contributed by atoms with Crippen molar-refractivity contribution in [3.8, 4) is 0 Å². The average molecular weight is 2100 g/mol. The first-order valence-corrected chi connectivity index (χ1v) is 45.9. The molecule has 1 unspecified atom stereocenters. The van der Waals surface area contributed by atoms with Gasteiger partial charge in [0.1, 0.15) is 281 Å². The molecule has 12 aliphatic heterocycles. The van der Waals surface area contributed by atoms with Gasteiger partial charge in [-0.15, -0.1) is 0 Å². The molecule has 0 aromatic heterocycles. The fraction of sp³-hybridized carbons (Fsp3) is 0.950. The first-order chi connectivity index (χ1) is 67.6. The second-order valence-corrected chi connectivity index (χ2v) is 36.6. The van der Waals surface area contributed by atoms with Gasteiger partial charge in [0.05, 0.1) is 78.3 Å². The summed E-state index contributed by atoms with van der Waals surface area (Å²) in [4.78, 5) is 52.1. The summed E-state index contributed by atoms with van der Waals surface area (Å²) in [6.07, 6.45) is -120. The van der Waals surface area contributed by atoms with Crippen LogP contribution in [0.3, 0.4) is 0 Å². The van der Waals surface area contributed by atoms with Gasteiger partial charge in [-0.1, -0.05) is 0 Å². The predicted octanol–water partition coefficient (Wildman–Crippen LogP) is -24.5. The Balaban J connectivity index is 0.871. The van der Waals surface area contributed by atoms with Gasteiger partial charge in [0.25, 0.3) is 0 Å². The number of aliphatic hydroxyl groups is 32. The summed E-state index contributed by atoms with van der Waals surface area (Å²) in [7, 11) is 0. The number of rotatable bonds is 36. The third kappa shape index (κ3) is 25.8. The second kappa shape index (κ2) is 51.0. The summed E-state index contributed by atoms with van der Waals surface area (Å²) in [6.45, 7) is -5.49. The Kier molecular flexibility index (Phi) is 41.8. The van der Waals surface area contributed by atoms with Crippen LogP contribution in [-0.4, -0.2) is 621 Å². The topological polar surface area (TPSA) is 976 Å². The van der Waals surface area contributed by atoms with Gasteiger partial charge in [-0.05, 0) is 13.8 Å². The van der Waals surface area contributed by atoms with Gasteiger partial charge in [-0.3, -0.25) is 19.2 Å². The van der Waals surface area contributed by atoms with Gasteiger partial charge in [0, 0.05) is 27.7 Å². The van der Waals surface area contributed by atoms with E-state index in [1.54, 1.807) is 0 Å².